The SMILES string of the molecule is Cl.O=C(O)C1CN(CC2CC2)CC12CCOCC2. The van der Waals surface area contributed by atoms with Crippen LogP contribution in [-0.2, 0) is 9.53 Å². The monoisotopic (exact) mass is 275 g/mol. The highest BCUT2D eigenvalue weighted by Crippen LogP contribution is 2.45. The molecule has 2 heterocycles. The number of likely N-dealkylation sites (tertiary alicyclic amines) is 1. The second-order valence-corrected chi connectivity index (χ2v) is 6.00. The Morgan fingerprint density at radius 3 is 2.56 bits per heavy atom. The minimum Gasteiger partial charge on any atom is -0.481 e. The van der Waals surface area contributed by atoms with Gasteiger partial charge in [-0.1, -0.05) is 0 Å². The first-order chi connectivity index (χ1) is 8.20. The van der Waals surface area contributed by atoms with Crippen LogP contribution >= 0.6 is 12.4 Å². The highest BCUT2D eigenvalue weighted by molar-refractivity contribution is 5.85. The molecule has 2 saturated heterocycles. The van der Waals surface area contributed by atoms with Crippen molar-refractivity contribution >= 4 is 18.4 Å². The predicted molar refractivity (Wildman–Crippen MR) is 70.0 cm³/mol. The number of rotatable bonds is 3. The molecular weight excluding hydrogens is 254 g/mol. The molecule has 0 aromatic heterocycles. The zero-order valence-electron chi connectivity index (χ0n) is 10.6. The fraction of sp³-hybridized carbons (Fsp3) is 0.923. The number of aliphatic carboxylic acids is 1. The van der Waals surface area contributed by atoms with Crippen molar-refractivity contribution in [1.82, 2.24) is 4.90 Å². The molecule has 0 radical (unpaired) electrons. The molecule has 1 aliphatic carbocycles. The van der Waals surface area contributed by atoms with Gasteiger partial charge in [0.2, 0.25) is 0 Å². The van der Waals surface area contributed by atoms with E-state index in [1.807, 2.05) is 0 Å². The number of halogens is 1. The second kappa shape index (κ2) is 5.35. The van der Waals surface area contributed by atoms with Crippen molar-refractivity contribution in [2.75, 3.05) is 32.8 Å². The summed E-state index contributed by atoms with van der Waals surface area (Å²) in [6, 6.07) is 0. The summed E-state index contributed by atoms with van der Waals surface area (Å²) in [5, 5.41) is 9.43. The van der Waals surface area contributed by atoms with E-state index < -0.39 is 5.97 Å². The average Bonchev–Trinajstić information content (AvgIpc) is 3.03. The van der Waals surface area contributed by atoms with Gasteiger partial charge in [0.05, 0.1) is 5.92 Å². The summed E-state index contributed by atoms with van der Waals surface area (Å²) in [6.07, 6.45) is 4.52. The molecule has 1 spiro atoms. The molecule has 0 amide bonds. The van der Waals surface area contributed by atoms with Crippen LogP contribution in [0.4, 0.5) is 0 Å². The standard InChI is InChI=1S/C13H21NO3.ClH/c15-12(16)11-8-14(7-10-1-2-10)9-13(11)3-5-17-6-4-13;/h10-11H,1-9H2,(H,15,16);1H. The van der Waals surface area contributed by atoms with Gasteiger partial charge in [0.15, 0.2) is 0 Å². The average molecular weight is 276 g/mol. The number of carboxylic acid groups (broad SMARTS) is 1. The lowest BCUT2D eigenvalue weighted by molar-refractivity contribution is -0.146. The Labute approximate surface area is 114 Å². The molecule has 0 aromatic rings. The summed E-state index contributed by atoms with van der Waals surface area (Å²) >= 11 is 0. The van der Waals surface area contributed by atoms with Crippen LogP contribution in [-0.4, -0.2) is 48.8 Å². The van der Waals surface area contributed by atoms with E-state index in [4.69, 9.17) is 4.74 Å². The Morgan fingerprint density at radius 1 is 1.33 bits per heavy atom. The third kappa shape index (κ3) is 2.65. The zero-order chi connectivity index (χ0) is 11.9. The molecule has 3 aliphatic rings. The molecule has 1 N–H and O–H groups in total. The number of carboxylic acids is 1. The molecule has 1 saturated carbocycles. The van der Waals surface area contributed by atoms with Crippen LogP contribution in [0.3, 0.4) is 0 Å². The first-order valence-electron chi connectivity index (χ1n) is 6.72. The molecule has 3 rings (SSSR count). The van der Waals surface area contributed by atoms with Crippen LogP contribution in [0.1, 0.15) is 25.7 Å². The van der Waals surface area contributed by atoms with E-state index in [-0.39, 0.29) is 23.7 Å². The van der Waals surface area contributed by atoms with Crippen LogP contribution in [0.5, 0.6) is 0 Å². The van der Waals surface area contributed by atoms with Gasteiger partial charge < -0.3 is 14.7 Å². The van der Waals surface area contributed by atoms with Gasteiger partial charge >= 0.3 is 5.97 Å². The topological polar surface area (TPSA) is 49.8 Å². The molecule has 1 unspecified atom stereocenters. The van der Waals surface area contributed by atoms with Crippen molar-refractivity contribution in [2.45, 2.75) is 25.7 Å². The van der Waals surface area contributed by atoms with Gasteiger partial charge in [-0.25, -0.2) is 0 Å². The summed E-state index contributed by atoms with van der Waals surface area (Å²) in [5.41, 5.74) is -0.00102. The Balaban J connectivity index is 0.00000120. The third-order valence-electron chi connectivity index (χ3n) is 4.72. The second-order valence-electron chi connectivity index (χ2n) is 6.00. The van der Waals surface area contributed by atoms with Gasteiger partial charge in [-0.2, -0.15) is 0 Å². The van der Waals surface area contributed by atoms with Crippen molar-refractivity contribution in [1.29, 1.82) is 0 Å². The van der Waals surface area contributed by atoms with E-state index in [1.165, 1.54) is 12.8 Å². The maximum Gasteiger partial charge on any atom is 0.308 e. The molecule has 0 aromatic carbocycles. The Morgan fingerprint density at radius 2 is 2.00 bits per heavy atom. The Bertz CT molecular complexity index is 313. The van der Waals surface area contributed by atoms with Gasteiger partial charge in [0.1, 0.15) is 0 Å². The lowest BCUT2D eigenvalue weighted by Crippen LogP contribution is -2.40. The van der Waals surface area contributed by atoms with Gasteiger partial charge in [-0.15, -0.1) is 12.4 Å². The molecule has 4 nitrogen and oxygen atoms in total. The first-order valence-corrected chi connectivity index (χ1v) is 6.72. The van der Waals surface area contributed by atoms with Crippen LogP contribution in [0.25, 0.3) is 0 Å². The quantitative estimate of drug-likeness (QED) is 0.851. The summed E-state index contributed by atoms with van der Waals surface area (Å²) in [4.78, 5) is 13.8. The van der Waals surface area contributed by atoms with Crippen LogP contribution in [0, 0.1) is 17.3 Å². The minimum absolute atomic E-state index is 0. The summed E-state index contributed by atoms with van der Waals surface area (Å²) in [5.74, 6) is 0.0646. The number of carbonyl (C=O) groups is 1. The van der Waals surface area contributed by atoms with Crippen molar-refractivity contribution in [2.24, 2.45) is 17.3 Å². The minimum atomic E-state index is -0.606. The molecule has 0 bridgehead atoms. The number of hydrogen-bond donors (Lipinski definition) is 1. The Hall–Kier alpha value is -0.320. The highest BCUT2D eigenvalue weighted by atomic mass is 35.5. The molecule has 18 heavy (non-hydrogen) atoms. The van der Waals surface area contributed by atoms with Crippen LogP contribution in [0.2, 0.25) is 0 Å². The van der Waals surface area contributed by atoms with E-state index in [9.17, 15) is 9.90 Å². The lowest BCUT2D eigenvalue weighted by Gasteiger charge is -2.36. The summed E-state index contributed by atoms with van der Waals surface area (Å²) < 4.78 is 5.40. The smallest absolute Gasteiger partial charge is 0.308 e. The summed E-state index contributed by atoms with van der Waals surface area (Å²) in [7, 11) is 0. The molecule has 5 heteroatoms. The van der Waals surface area contributed by atoms with Crippen molar-refractivity contribution in [3.05, 3.63) is 0 Å². The van der Waals surface area contributed by atoms with Gasteiger partial charge in [0.25, 0.3) is 0 Å². The van der Waals surface area contributed by atoms with E-state index >= 15 is 0 Å². The van der Waals surface area contributed by atoms with Crippen LogP contribution in [0.15, 0.2) is 0 Å². The molecule has 1 atom stereocenters. The number of ether oxygens (including phenoxy) is 1. The van der Waals surface area contributed by atoms with Crippen LogP contribution < -0.4 is 0 Å². The van der Waals surface area contributed by atoms with E-state index in [0.717, 1.165) is 51.6 Å². The van der Waals surface area contributed by atoms with Crippen molar-refractivity contribution < 1.29 is 14.6 Å². The zero-order valence-corrected chi connectivity index (χ0v) is 11.5. The number of hydrogen-bond acceptors (Lipinski definition) is 3. The van der Waals surface area contributed by atoms with Gasteiger partial charge in [-0.05, 0) is 31.6 Å². The van der Waals surface area contributed by atoms with E-state index in [1.54, 1.807) is 0 Å². The fourth-order valence-electron chi connectivity index (χ4n) is 3.50. The summed E-state index contributed by atoms with van der Waals surface area (Å²) in [6.45, 7) is 4.32. The predicted octanol–water partition coefficient (Wildman–Crippen LogP) is 1.63. The molecule has 3 fully saturated rings. The maximum absolute atomic E-state index is 11.5. The van der Waals surface area contributed by atoms with Gasteiger partial charge in [0, 0.05) is 38.3 Å². The normalized spacial score (nSPS) is 31.2. The molecular formula is C13H22ClNO3. The fourth-order valence-corrected chi connectivity index (χ4v) is 3.50. The highest BCUT2D eigenvalue weighted by Gasteiger charge is 2.51. The van der Waals surface area contributed by atoms with Gasteiger partial charge in [-0.3, -0.25) is 4.79 Å². The van der Waals surface area contributed by atoms with E-state index in [0.29, 0.717) is 0 Å². The lowest BCUT2D eigenvalue weighted by atomic mass is 9.72. The van der Waals surface area contributed by atoms with Crippen molar-refractivity contribution in [3.63, 3.8) is 0 Å². The molecule has 104 valence electrons. The maximum atomic E-state index is 11.5. The van der Waals surface area contributed by atoms with E-state index in [2.05, 4.69) is 4.90 Å². The number of nitrogens with zero attached hydrogens (tertiary/aromatic N) is 1. The Kier molecular flexibility index (Phi) is 4.19. The third-order valence-corrected chi connectivity index (χ3v) is 4.72. The largest absolute Gasteiger partial charge is 0.481 e. The molecule has 2 aliphatic heterocycles. The van der Waals surface area contributed by atoms with Crippen molar-refractivity contribution in [3.8, 4) is 0 Å². The first kappa shape index (κ1) is 14.1.